The lowest BCUT2D eigenvalue weighted by Crippen LogP contribution is -2.33. The van der Waals surface area contributed by atoms with Gasteiger partial charge in [0.1, 0.15) is 5.75 Å². The molecule has 6 nitrogen and oxygen atoms in total. The maximum Gasteiger partial charge on any atom is 0.188 e. The predicted octanol–water partition coefficient (Wildman–Crippen LogP) is 5.29. The molecule has 2 N–H and O–H groups in total. The molecular formula is C25H24N4O2S. The van der Waals surface area contributed by atoms with Crippen molar-refractivity contribution in [3.8, 4) is 5.75 Å². The predicted molar refractivity (Wildman–Crippen MR) is 124 cm³/mol. The fourth-order valence-electron chi connectivity index (χ4n) is 4.25. The molecular weight excluding hydrogens is 420 g/mol. The number of aromatic nitrogens is 4. The highest BCUT2D eigenvalue weighted by Gasteiger charge is 2.35. The molecule has 32 heavy (non-hydrogen) atoms. The summed E-state index contributed by atoms with van der Waals surface area (Å²) in [7, 11) is 0. The zero-order valence-corrected chi connectivity index (χ0v) is 18.6. The van der Waals surface area contributed by atoms with Crippen molar-refractivity contribution < 1.29 is 9.53 Å². The Morgan fingerprint density at radius 3 is 2.59 bits per heavy atom. The molecule has 0 bridgehead atoms. The maximum absolute atomic E-state index is 12.6. The average Bonchev–Trinajstić information content (AvgIpc) is 3.54. The molecule has 0 spiro atoms. The Hall–Kier alpha value is -3.32. The number of Topliss-reactive ketones (excluding diaryl/α,β-unsaturated/α-hetero) is 1. The zero-order valence-electron chi connectivity index (χ0n) is 17.8. The highest BCUT2D eigenvalue weighted by atomic mass is 32.2. The van der Waals surface area contributed by atoms with E-state index in [4.69, 9.17) is 4.74 Å². The summed E-state index contributed by atoms with van der Waals surface area (Å²) >= 11 is 1.61. The van der Waals surface area contributed by atoms with E-state index in [2.05, 4.69) is 19.9 Å². The number of thioether (sulfide) groups is 1. The minimum absolute atomic E-state index is 0.207. The number of hydrogen-bond donors (Lipinski definition) is 2. The topological polar surface area (TPSA) is 83.7 Å². The van der Waals surface area contributed by atoms with Crippen LogP contribution in [0.15, 0.2) is 72.4 Å². The summed E-state index contributed by atoms with van der Waals surface area (Å²) < 4.78 is 6.79. The first-order valence-corrected chi connectivity index (χ1v) is 11.7. The van der Waals surface area contributed by atoms with Gasteiger partial charge in [-0.25, -0.2) is 9.97 Å². The van der Waals surface area contributed by atoms with Crippen LogP contribution in [0.5, 0.6) is 5.75 Å². The lowest BCUT2D eigenvalue weighted by atomic mass is 9.87. The molecule has 4 aromatic rings. The van der Waals surface area contributed by atoms with E-state index in [1.165, 1.54) is 0 Å². The van der Waals surface area contributed by atoms with Gasteiger partial charge in [0, 0.05) is 53.7 Å². The van der Waals surface area contributed by atoms with Crippen molar-refractivity contribution in [2.75, 3.05) is 0 Å². The first-order valence-electron chi connectivity index (χ1n) is 10.7. The third-order valence-corrected chi connectivity index (χ3v) is 6.86. The van der Waals surface area contributed by atoms with Crippen molar-refractivity contribution in [3.05, 3.63) is 95.3 Å². The van der Waals surface area contributed by atoms with Gasteiger partial charge in [0.25, 0.3) is 0 Å². The van der Waals surface area contributed by atoms with Crippen LogP contribution in [-0.4, -0.2) is 25.7 Å². The third-order valence-electron chi connectivity index (χ3n) is 5.93. The number of fused-ring (bicyclic) bond motifs is 1. The van der Waals surface area contributed by atoms with E-state index in [9.17, 15) is 4.79 Å². The van der Waals surface area contributed by atoms with E-state index in [-0.39, 0.29) is 5.78 Å². The third kappa shape index (κ3) is 3.84. The Morgan fingerprint density at radius 1 is 1.03 bits per heavy atom. The maximum atomic E-state index is 12.6. The van der Waals surface area contributed by atoms with E-state index in [0.717, 1.165) is 51.8 Å². The number of hydrogen-bond acceptors (Lipinski definition) is 5. The Kier molecular flexibility index (Phi) is 5.57. The minimum Gasteiger partial charge on any atom is -0.475 e. The van der Waals surface area contributed by atoms with Crippen LogP contribution >= 0.6 is 11.8 Å². The Morgan fingerprint density at radius 2 is 1.84 bits per heavy atom. The molecule has 5 rings (SSSR count). The first-order chi connectivity index (χ1) is 15.6. The number of carbonyl (C=O) groups excluding carboxylic acids is 1. The Labute approximate surface area is 190 Å². The molecule has 162 valence electrons. The molecule has 2 aromatic heterocycles. The second kappa shape index (κ2) is 8.67. The molecule has 0 saturated carbocycles. The van der Waals surface area contributed by atoms with Gasteiger partial charge in [0.2, 0.25) is 0 Å². The van der Waals surface area contributed by atoms with E-state index >= 15 is 0 Å². The van der Waals surface area contributed by atoms with Gasteiger partial charge >= 0.3 is 0 Å². The fourth-order valence-corrected chi connectivity index (χ4v) is 5.13. The number of benzene rings is 2. The number of H-pyrrole nitrogens is 2. The molecule has 2 heterocycles. The molecule has 7 heteroatoms. The molecule has 1 atom stereocenters. The van der Waals surface area contributed by atoms with E-state index in [0.29, 0.717) is 12.2 Å². The number of rotatable bonds is 7. The largest absolute Gasteiger partial charge is 0.475 e. The van der Waals surface area contributed by atoms with Gasteiger partial charge in [-0.2, -0.15) is 0 Å². The van der Waals surface area contributed by atoms with Gasteiger partial charge in [-0.05, 0) is 37.5 Å². The Bertz CT molecular complexity index is 1210. The molecule has 0 unspecified atom stereocenters. The van der Waals surface area contributed by atoms with Crippen LogP contribution in [0.2, 0.25) is 0 Å². The van der Waals surface area contributed by atoms with Crippen molar-refractivity contribution in [1.82, 2.24) is 19.9 Å². The van der Waals surface area contributed by atoms with Crippen LogP contribution < -0.4 is 4.74 Å². The summed E-state index contributed by atoms with van der Waals surface area (Å²) in [5, 5.41) is 0.840. The smallest absolute Gasteiger partial charge is 0.188 e. The standard InChI is InChI=1S/C25H24N4O2S/c1-25(23-26-12-13-27-23,17-6-3-2-4-7-17)31-22-11-10-19-18(8-5-9-21(19)30)20(22)16-32-24-28-14-15-29-24/h2-4,6-7,10-15H,5,8-9,16H2,1H3,(H,26,27)(H,28,29)/t25-/m0/s1. The lowest BCUT2D eigenvalue weighted by molar-refractivity contribution is 0.0971. The molecule has 0 fully saturated rings. The summed E-state index contributed by atoms with van der Waals surface area (Å²) in [5.41, 5.74) is 3.13. The second-order valence-corrected chi connectivity index (χ2v) is 8.93. The number of ketones is 1. The number of imidazole rings is 2. The second-order valence-electron chi connectivity index (χ2n) is 7.97. The summed E-state index contributed by atoms with van der Waals surface area (Å²) in [4.78, 5) is 27.8. The fraction of sp³-hybridized carbons (Fsp3) is 0.240. The molecule has 1 aliphatic carbocycles. The van der Waals surface area contributed by atoms with Gasteiger partial charge in [-0.3, -0.25) is 4.79 Å². The molecule has 0 radical (unpaired) electrons. The quantitative estimate of drug-likeness (QED) is 0.379. The average molecular weight is 445 g/mol. The van der Waals surface area contributed by atoms with Gasteiger partial charge in [-0.1, -0.05) is 42.1 Å². The van der Waals surface area contributed by atoms with Crippen molar-refractivity contribution in [2.45, 2.75) is 42.7 Å². The van der Waals surface area contributed by atoms with Gasteiger partial charge in [-0.15, -0.1) is 0 Å². The van der Waals surface area contributed by atoms with Gasteiger partial charge in [0.05, 0.1) is 0 Å². The molecule has 0 aliphatic heterocycles. The van der Waals surface area contributed by atoms with Crippen LogP contribution in [0.4, 0.5) is 0 Å². The van der Waals surface area contributed by atoms with Crippen molar-refractivity contribution in [2.24, 2.45) is 0 Å². The van der Waals surface area contributed by atoms with Crippen LogP contribution in [0, 0.1) is 0 Å². The summed E-state index contributed by atoms with van der Waals surface area (Å²) in [6.45, 7) is 2.02. The van der Waals surface area contributed by atoms with Crippen LogP contribution in [0.25, 0.3) is 0 Å². The number of ether oxygens (including phenoxy) is 1. The van der Waals surface area contributed by atoms with Gasteiger partial charge < -0.3 is 14.7 Å². The van der Waals surface area contributed by atoms with Crippen molar-refractivity contribution >= 4 is 17.5 Å². The number of carbonyl (C=O) groups is 1. The lowest BCUT2D eigenvalue weighted by Gasteiger charge is -2.32. The molecule has 1 aliphatic rings. The first kappa shape index (κ1) is 20.6. The van der Waals surface area contributed by atoms with E-state index in [1.807, 2.05) is 55.6 Å². The summed E-state index contributed by atoms with van der Waals surface area (Å²) in [6, 6.07) is 13.9. The normalized spacial score (nSPS) is 15.2. The monoisotopic (exact) mass is 444 g/mol. The van der Waals surface area contributed by atoms with Crippen molar-refractivity contribution in [3.63, 3.8) is 0 Å². The molecule has 0 saturated heterocycles. The zero-order chi connectivity index (χ0) is 22.0. The highest BCUT2D eigenvalue weighted by Crippen LogP contribution is 2.40. The SMILES string of the molecule is C[C@](Oc1ccc2c(c1CSc1ncc[nH]1)CCCC2=O)(c1ccccc1)c1ncc[nH]1. The summed E-state index contributed by atoms with van der Waals surface area (Å²) in [5.74, 6) is 2.35. The number of nitrogens with one attached hydrogen (secondary N) is 2. The number of nitrogens with zero attached hydrogens (tertiary/aromatic N) is 2. The van der Waals surface area contributed by atoms with E-state index in [1.54, 1.807) is 30.4 Å². The van der Waals surface area contributed by atoms with Crippen LogP contribution in [0.1, 0.15) is 52.6 Å². The Balaban J connectivity index is 1.59. The van der Waals surface area contributed by atoms with Crippen LogP contribution in [0.3, 0.4) is 0 Å². The van der Waals surface area contributed by atoms with E-state index < -0.39 is 5.60 Å². The van der Waals surface area contributed by atoms with Crippen molar-refractivity contribution in [1.29, 1.82) is 0 Å². The minimum atomic E-state index is -0.818. The van der Waals surface area contributed by atoms with Crippen LogP contribution in [-0.2, 0) is 17.8 Å². The summed E-state index contributed by atoms with van der Waals surface area (Å²) in [6.07, 6.45) is 9.43. The van der Waals surface area contributed by atoms with Gasteiger partial charge in [0.15, 0.2) is 22.4 Å². The highest BCUT2D eigenvalue weighted by molar-refractivity contribution is 7.98. The number of aromatic amines is 2. The molecule has 0 amide bonds. The molecule has 2 aromatic carbocycles.